The number of halogens is 1. The van der Waals surface area contributed by atoms with Crippen LogP contribution in [-0.4, -0.2) is 27.9 Å². The fraction of sp³-hybridized carbons (Fsp3) is 0.333. The molecule has 0 aromatic heterocycles. The molecule has 3 rings (SSSR count). The van der Waals surface area contributed by atoms with Crippen LogP contribution in [0.4, 0.5) is 0 Å². The van der Waals surface area contributed by atoms with E-state index in [1.54, 1.807) is 21.3 Å². The van der Waals surface area contributed by atoms with E-state index in [4.69, 9.17) is 25.8 Å². The van der Waals surface area contributed by atoms with E-state index in [2.05, 4.69) is 11.4 Å². The van der Waals surface area contributed by atoms with Gasteiger partial charge < -0.3 is 19.5 Å². The van der Waals surface area contributed by atoms with E-state index in [9.17, 15) is 0 Å². The Hall–Kier alpha value is -1.91. The molecule has 0 fully saturated rings. The minimum atomic E-state index is 0.146. The average molecular weight is 334 g/mol. The van der Waals surface area contributed by atoms with Gasteiger partial charge in [-0.3, -0.25) is 0 Å². The van der Waals surface area contributed by atoms with E-state index in [1.165, 1.54) is 0 Å². The second-order valence-corrected chi connectivity index (χ2v) is 5.89. The van der Waals surface area contributed by atoms with Crippen molar-refractivity contribution in [1.82, 2.24) is 5.32 Å². The van der Waals surface area contributed by atoms with Crippen LogP contribution in [0.25, 0.3) is 0 Å². The van der Waals surface area contributed by atoms with Gasteiger partial charge in [0.15, 0.2) is 11.5 Å². The van der Waals surface area contributed by atoms with Crippen LogP contribution in [0.5, 0.6) is 17.2 Å². The first kappa shape index (κ1) is 16.0. The minimum absolute atomic E-state index is 0.146. The van der Waals surface area contributed by atoms with Crippen molar-refractivity contribution >= 4 is 11.6 Å². The highest BCUT2D eigenvalue weighted by Crippen LogP contribution is 2.47. The van der Waals surface area contributed by atoms with Gasteiger partial charge in [-0.25, -0.2) is 0 Å². The second-order valence-electron chi connectivity index (χ2n) is 5.46. The first-order valence-corrected chi connectivity index (χ1v) is 7.85. The van der Waals surface area contributed by atoms with Gasteiger partial charge in [0, 0.05) is 29.6 Å². The maximum atomic E-state index is 6.17. The molecule has 1 atom stereocenters. The minimum Gasteiger partial charge on any atom is -0.493 e. The van der Waals surface area contributed by atoms with Crippen LogP contribution >= 0.6 is 11.6 Å². The van der Waals surface area contributed by atoms with Crippen molar-refractivity contribution in [3.05, 3.63) is 52.0 Å². The van der Waals surface area contributed by atoms with E-state index in [0.29, 0.717) is 11.5 Å². The summed E-state index contributed by atoms with van der Waals surface area (Å²) in [4.78, 5) is 0. The topological polar surface area (TPSA) is 39.7 Å². The number of methoxy groups -OCH3 is 3. The van der Waals surface area contributed by atoms with E-state index in [1.807, 2.05) is 24.3 Å². The molecule has 0 aliphatic carbocycles. The SMILES string of the molecule is COc1cc2c(c(OC)c1OC)C(c1cccc(Cl)c1)CNC2. The smallest absolute Gasteiger partial charge is 0.203 e. The molecular formula is C18H20ClNO3. The Labute approximate surface area is 141 Å². The number of nitrogens with one attached hydrogen (secondary N) is 1. The predicted octanol–water partition coefficient (Wildman–Crippen LogP) is 3.60. The molecule has 2 aromatic rings. The van der Waals surface area contributed by atoms with Gasteiger partial charge in [0.25, 0.3) is 0 Å². The summed E-state index contributed by atoms with van der Waals surface area (Å²) in [5.41, 5.74) is 3.43. The Morgan fingerprint density at radius 1 is 1.04 bits per heavy atom. The molecule has 0 radical (unpaired) electrons. The van der Waals surface area contributed by atoms with Crippen molar-refractivity contribution in [3.8, 4) is 17.2 Å². The molecule has 4 nitrogen and oxygen atoms in total. The molecule has 0 saturated heterocycles. The monoisotopic (exact) mass is 333 g/mol. The average Bonchev–Trinajstić information content (AvgIpc) is 2.59. The third-order valence-corrected chi connectivity index (χ3v) is 4.45. The molecule has 0 spiro atoms. The van der Waals surface area contributed by atoms with E-state index in [-0.39, 0.29) is 5.92 Å². The zero-order valence-electron chi connectivity index (χ0n) is 13.5. The van der Waals surface area contributed by atoms with E-state index >= 15 is 0 Å². The zero-order chi connectivity index (χ0) is 16.4. The van der Waals surface area contributed by atoms with Crippen molar-refractivity contribution in [2.24, 2.45) is 0 Å². The van der Waals surface area contributed by atoms with Gasteiger partial charge in [-0.05, 0) is 29.3 Å². The summed E-state index contributed by atoms with van der Waals surface area (Å²) in [6.45, 7) is 1.59. The molecule has 1 aliphatic rings. The molecule has 122 valence electrons. The molecule has 0 bridgehead atoms. The summed E-state index contributed by atoms with van der Waals surface area (Å²) in [7, 11) is 4.92. The normalized spacial score (nSPS) is 16.6. The largest absolute Gasteiger partial charge is 0.493 e. The number of benzene rings is 2. The van der Waals surface area contributed by atoms with Crippen molar-refractivity contribution in [1.29, 1.82) is 0 Å². The highest BCUT2D eigenvalue weighted by molar-refractivity contribution is 6.30. The fourth-order valence-electron chi connectivity index (χ4n) is 3.22. The Morgan fingerprint density at radius 3 is 2.48 bits per heavy atom. The van der Waals surface area contributed by atoms with Crippen molar-refractivity contribution in [3.63, 3.8) is 0 Å². The van der Waals surface area contributed by atoms with Gasteiger partial charge in [0.2, 0.25) is 5.75 Å². The molecule has 1 aliphatic heterocycles. The van der Waals surface area contributed by atoms with Gasteiger partial charge in [-0.1, -0.05) is 23.7 Å². The van der Waals surface area contributed by atoms with Gasteiger partial charge in [0.05, 0.1) is 21.3 Å². The molecule has 1 unspecified atom stereocenters. The third-order valence-electron chi connectivity index (χ3n) is 4.22. The van der Waals surface area contributed by atoms with Gasteiger partial charge in [-0.2, -0.15) is 0 Å². The standard InChI is InChI=1S/C18H20ClNO3/c1-21-15-8-12-9-20-10-14(11-5-4-6-13(19)7-11)16(12)18(23-3)17(15)22-2/h4-8,14,20H,9-10H2,1-3H3. The summed E-state index contributed by atoms with van der Waals surface area (Å²) in [5.74, 6) is 2.18. The highest BCUT2D eigenvalue weighted by atomic mass is 35.5. The molecule has 1 N–H and O–H groups in total. The Morgan fingerprint density at radius 2 is 1.83 bits per heavy atom. The lowest BCUT2D eigenvalue weighted by molar-refractivity contribution is 0.318. The fourth-order valence-corrected chi connectivity index (χ4v) is 3.42. The third kappa shape index (κ3) is 2.84. The molecule has 23 heavy (non-hydrogen) atoms. The first-order chi connectivity index (χ1) is 11.2. The van der Waals surface area contributed by atoms with Crippen LogP contribution < -0.4 is 19.5 Å². The van der Waals surface area contributed by atoms with E-state index < -0.39 is 0 Å². The Bertz CT molecular complexity index is 718. The summed E-state index contributed by atoms with van der Waals surface area (Å²) in [5, 5.41) is 4.18. The lowest BCUT2D eigenvalue weighted by atomic mass is 9.84. The number of ether oxygens (including phenoxy) is 3. The summed E-state index contributed by atoms with van der Waals surface area (Å²) >= 11 is 6.17. The van der Waals surface area contributed by atoms with Crippen LogP contribution in [0, 0.1) is 0 Å². The predicted molar refractivity (Wildman–Crippen MR) is 91.1 cm³/mol. The molecule has 5 heteroatoms. The lowest BCUT2D eigenvalue weighted by Crippen LogP contribution is -2.29. The highest BCUT2D eigenvalue weighted by Gasteiger charge is 2.30. The Kier molecular flexibility index (Phi) is 4.64. The van der Waals surface area contributed by atoms with Crippen LogP contribution in [-0.2, 0) is 6.54 Å². The van der Waals surface area contributed by atoms with Crippen LogP contribution in [0.2, 0.25) is 5.02 Å². The van der Waals surface area contributed by atoms with Gasteiger partial charge in [-0.15, -0.1) is 0 Å². The van der Waals surface area contributed by atoms with Gasteiger partial charge in [0.1, 0.15) is 0 Å². The van der Waals surface area contributed by atoms with Crippen molar-refractivity contribution < 1.29 is 14.2 Å². The number of hydrogen-bond donors (Lipinski definition) is 1. The number of hydrogen-bond acceptors (Lipinski definition) is 4. The molecule has 1 heterocycles. The molecular weight excluding hydrogens is 314 g/mol. The lowest BCUT2D eigenvalue weighted by Gasteiger charge is -2.30. The molecule has 0 saturated carbocycles. The van der Waals surface area contributed by atoms with Gasteiger partial charge >= 0.3 is 0 Å². The molecule has 0 amide bonds. The maximum absolute atomic E-state index is 6.17. The van der Waals surface area contributed by atoms with Crippen LogP contribution in [0.1, 0.15) is 22.6 Å². The summed E-state index contributed by atoms with van der Waals surface area (Å²) in [6, 6.07) is 9.95. The Balaban J connectivity index is 2.21. The van der Waals surface area contributed by atoms with Crippen molar-refractivity contribution in [2.75, 3.05) is 27.9 Å². The second kappa shape index (κ2) is 6.69. The van der Waals surface area contributed by atoms with Crippen molar-refractivity contribution in [2.45, 2.75) is 12.5 Å². The maximum Gasteiger partial charge on any atom is 0.203 e. The van der Waals surface area contributed by atoms with E-state index in [0.717, 1.165) is 40.6 Å². The number of rotatable bonds is 4. The molecule has 2 aromatic carbocycles. The first-order valence-electron chi connectivity index (χ1n) is 7.47. The summed E-state index contributed by atoms with van der Waals surface area (Å²) < 4.78 is 16.7. The van der Waals surface area contributed by atoms with Crippen LogP contribution in [0.15, 0.2) is 30.3 Å². The quantitative estimate of drug-likeness (QED) is 0.928. The summed E-state index contributed by atoms with van der Waals surface area (Å²) in [6.07, 6.45) is 0. The number of fused-ring (bicyclic) bond motifs is 1. The van der Waals surface area contributed by atoms with Crippen LogP contribution in [0.3, 0.4) is 0 Å². The zero-order valence-corrected chi connectivity index (χ0v) is 14.2.